The molecule has 0 spiro atoms. The van der Waals surface area contributed by atoms with Crippen LogP contribution in [0.25, 0.3) is 0 Å². The second-order valence-corrected chi connectivity index (χ2v) is 5.70. The summed E-state index contributed by atoms with van der Waals surface area (Å²) in [5.74, 6) is -0.237. The van der Waals surface area contributed by atoms with Crippen molar-refractivity contribution in [3.63, 3.8) is 0 Å². The monoisotopic (exact) mass is 268 g/mol. The van der Waals surface area contributed by atoms with Crippen molar-refractivity contribution in [2.24, 2.45) is 0 Å². The SMILES string of the molecule is CC(C)(Cc1ccc(C(=O)CO)cc1)c1ccccc1. The van der Waals surface area contributed by atoms with Crippen molar-refractivity contribution in [3.8, 4) is 0 Å². The smallest absolute Gasteiger partial charge is 0.188 e. The van der Waals surface area contributed by atoms with Gasteiger partial charge < -0.3 is 5.11 Å². The molecular weight excluding hydrogens is 248 g/mol. The third-order valence-electron chi connectivity index (χ3n) is 3.62. The van der Waals surface area contributed by atoms with Gasteiger partial charge in [-0.05, 0) is 23.0 Å². The molecular formula is C18H20O2. The summed E-state index contributed by atoms with van der Waals surface area (Å²) in [6, 6.07) is 17.9. The van der Waals surface area contributed by atoms with Crippen LogP contribution in [-0.2, 0) is 11.8 Å². The quantitative estimate of drug-likeness (QED) is 0.844. The van der Waals surface area contributed by atoms with E-state index in [1.165, 1.54) is 11.1 Å². The summed E-state index contributed by atoms with van der Waals surface area (Å²) in [7, 11) is 0. The number of benzene rings is 2. The molecule has 0 unspecified atom stereocenters. The van der Waals surface area contributed by atoms with E-state index in [1.807, 2.05) is 18.2 Å². The first kappa shape index (κ1) is 14.5. The Labute approximate surface area is 120 Å². The lowest BCUT2D eigenvalue weighted by atomic mass is 9.79. The molecule has 0 bridgehead atoms. The zero-order chi connectivity index (χ0) is 14.6. The van der Waals surface area contributed by atoms with Crippen LogP contribution in [0.15, 0.2) is 54.6 Å². The lowest BCUT2D eigenvalue weighted by Gasteiger charge is -2.25. The maximum atomic E-state index is 11.4. The molecule has 2 aromatic carbocycles. The summed E-state index contributed by atoms with van der Waals surface area (Å²) in [6.07, 6.45) is 0.907. The van der Waals surface area contributed by atoms with Gasteiger partial charge in [-0.25, -0.2) is 0 Å². The molecule has 0 aliphatic rings. The molecule has 0 amide bonds. The fourth-order valence-electron chi connectivity index (χ4n) is 2.40. The number of carbonyl (C=O) groups is 1. The van der Waals surface area contributed by atoms with Crippen molar-refractivity contribution in [2.45, 2.75) is 25.7 Å². The van der Waals surface area contributed by atoms with Gasteiger partial charge in [-0.3, -0.25) is 4.79 Å². The molecule has 0 radical (unpaired) electrons. The van der Waals surface area contributed by atoms with Crippen molar-refractivity contribution in [2.75, 3.05) is 6.61 Å². The molecule has 104 valence electrons. The molecule has 2 heteroatoms. The second kappa shape index (κ2) is 6.02. The molecule has 2 nitrogen and oxygen atoms in total. The Balaban J connectivity index is 2.15. The van der Waals surface area contributed by atoms with Gasteiger partial charge in [-0.2, -0.15) is 0 Å². The Morgan fingerprint density at radius 1 is 1.00 bits per heavy atom. The number of hydrogen-bond acceptors (Lipinski definition) is 2. The number of hydrogen-bond donors (Lipinski definition) is 1. The van der Waals surface area contributed by atoms with Crippen molar-refractivity contribution < 1.29 is 9.90 Å². The molecule has 1 N–H and O–H groups in total. The van der Waals surface area contributed by atoms with Crippen LogP contribution < -0.4 is 0 Å². The number of aliphatic hydroxyl groups excluding tert-OH is 1. The average molecular weight is 268 g/mol. The largest absolute Gasteiger partial charge is 0.388 e. The predicted molar refractivity (Wildman–Crippen MR) is 81.0 cm³/mol. The van der Waals surface area contributed by atoms with E-state index in [9.17, 15) is 4.79 Å². The minimum atomic E-state index is -0.436. The van der Waals surface area contributed by atoms with E-state index in [-0.39, 0.29) is 11.2 Å². The zero-order valence-corrected chi connectivity index (χ0v) is 12.0. The van der Waals surface area contributed by atoms with E-state index in [4.69, 9.17) is 5.11 Å². The normalized spacial score (nSPS) is 11.3. The van der Waals surface area contributed by atoms with Crippen LogP contribution in [-0.4, -0.2) is 17.5 Å². The molecule has 0 aromatic heterocycles. The van der Waals surface area contributed by atoms with Crippen LogP contribution in [0, 0.1) is 0 Å². The summed E-state index contributed by atoms with van der Waals surface area (Å²) in [4.78, 5) is 11.4. The molecule has 2 rings (SSSR count). The number of rotatable bonds is 5. The van der Waals surface area contributed by atoms with Crippen LogP contribution in [0.3, 0.4) is 0 Å². The fourth-order valence-corrected chi connectivity index (χ4v) is 2.40. The summed E-state index contributed by atoms with van der Waals surface area (Å²) in [6.45, 7) is 4.00. The van der Waals surface area contributed by atoms with Gasteiger partial charge in [0.05, 0.1) is 0 Å². The van der Waals surface area contributed by atoms with E-state index in [0.717, 1.165) is 6.42 Å². The third-order valence-corrected chi connectivity index (χ3v) is 3.62. The van der Waals surface area contributed by atoms with E-state index in [0.29, 0.717) is 5.56 Å². The predicted octanol–water partition coefficient (Wildman–Crippen LogP) is 3.38. The Kier molecular flexibility index (Phi) is 4.35. The maximum Gasteiger partial charge on any atom is 0.188 e. The first-order valence-electron chi connectivity index (χ1n) is 6.81. The van der Waals surface area contributed by atoms with Gasteiger partial charge in [0.2, 0.25) is 0 Å². The maximum absolute atomic E-state index is 11.4. The van der Waals surface area contributed by atoms with Gasteiger partial charge in [-0.1, -0.05) is 68.4 Å². The van der Waals surface area contributed by atoms with Gasteiger partial charge in [0.15, 0.2) is 5.78 Å². The van der Waals surface area contributed by atoms with E-state index in [2.05, 4.69) is 38.1 Å². The Morgan fingerprint density at radius 2 is 1.60 bits per heavy atom. The summed E-state index contributed by atoms with van der Waals surface area (Å²) < 4.78 is 0. The van der Waals surface area contributed by atoms with Crippen molar-refractivity contribution in [1.29, 1.82) is 0 Å². The van der Waals surface area contributed by atoms with Crippen LogP contribution in [0.5, 0.6) is 0 Å². The fraction of sp³-hybridized carbons (Fsp3) is 0.278. The number of Topliss-reactive ketones (excluding diaryl/α,β-unsaturated/α-hetero) is 1. The minimum Gasteiger partial charge on any atom is -0.388 e. The topological polar surface area (TPSA) is 37.3 Å². The van der Waals surface area contributed by atoms with Gasteiger partial charge in [0, 0.05) is 5.56 Å². The van der Waals surface area contributed by atoms with Crippen molar-refractivity contribution >= 4 is 5.78 Å². The van der Waals surface area contributed by atoms with Crippen LogP contribution in [0.4, 0.5) is 0 Å². The molecule has 0 saturated heterocycles. The van der Waals surface area contributed by atoms with Crippen LogP contribution >= 0.6 is 0 Å². The summed E-state index contributed by atoms with van der Waals surface area (Å²) in [5, 5.41) is 8.84. The minimum absolute atomic E-state index is 0.0454. The Hall–Kier alpha value is -1.93. The molecule has 0 heterocycles. The van der Waals surface area contributed by atoms with Crippen LogP contribution in [0.1, 0.15) is 35.3 Å². The molecule has 2 aromatic rings. The number of aliphatic hydroxyl groups is 1. The molecule has 0 aliphatic carbocycles. The lowest BCUT2D eigenvalue weighted by Crippen LogP contribution is -2.20. The molecule has 0 saturated carbocycles. The third kappa shape index (κ3) is 3.34. The Bertz CT molecular complexity index is 568. The first-order chi connectivity index (χ1) is 9.53. The highest BCUT2D eigenvalue weighted by molar-refractivity contribution is 5.96. The highest BCUT2D eigenvalue weighted by Gasteiger charge is 2.20. The van der Waals surface area contributed by atoms with Gasteiger partial charge in [-0.15, -0.1) is 0 Å². The highest BCUT2D eigenvalue weighted by atomic mass is 16.3. The Morgan fingerprint density at radius 3 is 2.15 bits per heavy atom. The van der Waals surface area contributed by atoms with Crippen molar-refractivity contribution in [1.82, 2.24) is 0 Å². The van der Waals surface area contributed by atoms with Crippen LogP contribution in [0.2, 0.25) is 0 Å². The van der Waals surface area contributed by atoms with Gasteiger partial charge in [0.25, 0.3) is 0 Å². The second-order valence-electron chi connectivity index (χ2n) is 5.70. The lowest BCUT2D eigenvalue weighted by molar-refractivity contribution is 0.0904. The summed E-state index contributed by atoms with van der Waals surface area (Å²) in [5.41, 5.74) is 3.10. The molecule has 0 fully saturated rings. The highest BCUT2D eigenvalue weighted by Crippen LogP contribution is 2.27. The number of ketones is 1. The first-order valence-corrected chi connectivity index (χ1v) is 6.81. The summed E-state index contributed by atoms with van der Waals surface area (Å²) >= 11 is 0. The van der Waals surface area contributed by atoms with E-state index >= 15 is 0 Å². The average Bonchev–Trinajstić information content (AvgIpc) is 2.48. The van der Waals surface area contributed by atoms with Gasteiger partial charge >= 0.3 is 0 Å². The van der Waals surface area contributed by atoms with Crippen molar-refractivity contribution in [3.05, 3.63) is 71.3 Å². The molecule has 0 atom stereocenters. The van der Waals surface area contributed by atoms with E-state index < -0.39 is 6.61 Å². The standard InChI is InChI=1S/C18H20O2/c1-18(2,16-6-4-3-5-7-16)12-14-8-10-15(11-9-14)17(20)13-19/h3-11,19H,12-13H2,1-2H3. The molecule has 20 heavy (non-hydrogen) atoms. The van der Waals surface area contributed by atoms with E-state index in [1.54, 1.807) is 12.1 Å². The van der Waals surface area contributed by atoms with Gasteiger partial charge in [0.1, 0.15) is 6.61 Å². The number of carbonyl (C=O) groups excluding carboxylic acids is 1. The molecule has 0 aliphatic heterocycles. The zero-order valence-electron chi connectivity index (χ0n) is 12.0.